The van der Waals surface area contributed by atoms with E-state index in [2.05, 4.69) is 6.47 Å². The fourth-order valence-corrected chi connectivity index (χ4v) is 2.61. The van der Waals surface area contributed by atoms with Crippen LogP contribution in [0.15, 0.2) is 0 Å². The van der Waals surface area contributed by atoms with Crippen molar-refractivity contribution in [2.45, 2.75) is 0 Å². The van der Waals surface area contributed by atoms with Gasteiger partial charge < -0.3 is 0 Å². The monoisotopic (exact) mass is 1340 g/mol. The molecule has 182 valence electrons. The molecule has 0 aromatic rings. The summed E-state index contributed by atoms with van der Waals surface area (Å²) in [6.45, 7) is 0. The molecule has 0 aliphatic rings. The van der Waals surface area contributed by atoms with Crippen molar-refractivity contribution >= 4 is 103 Å². The summed E-state index contributed by atoms with van der Waals surface area (Å²) >= 11 is -24.1. The van der Waals surface area contributed by atoms with Crippen molar-refractivity contribution in [2.24, 2.45) is 0 Å². The molecule has 0 heterocycles. The van der Waals surface area contributed by atoms with Gasteiger partial charge in [0.15, 0.2) is 0 Å². The topological polar surface area (TPSA) is 402 Å². The zero-order chi connectivity index (χ0) is 24.4. The maximum atomic E-state index is 9.42. The van der Waals surface area contributed by atoms with E-state index in [4.69, 9.17) is 37.7 Å². The van der Waals surface area contributed by atoms with Crippen molar-refractivity contribution in [1.82, 2.24) is 0 Å². The van der Waals surface area contributed by atoms with E-state index in [0.717, 1.165) is 0 Å². The molecule has 0 saturated heterocycles. The molecule has 0 bridgehead atoms. The normalized spacial score (nSPS) is 11.6. The molecular weight excluding hydrogens is 1330 g/mol. The minimum absolute atomic E-state index is 0. The van der Waals surface area contributed by atoms with Crippen LogP contribution < -0.4 is 23.4 Å². The maximum absolute atomic E-state index is 9.42. The molecule has 0 amide bonds. The molecule has 31 heteroatoms. The minimum Gasteiger partial charge on any atom is 2.00 e. The van der Waals surface area contributed by atoms with Crippen molar-refractivity contribution in [3.8, 4) is 0 Å². The van der Waals surface area contributed by atoms with E-state index in [-0.39, 0.29) is 81.9 Å². The molecule has 6 radical (unpaired) electrons. The molecule has 0 aliphatic carbocycles. The van der Waals surface area contributed by atoms with Gasteiger partial charge in [-0.1, -0.05) is 0 Å². The second-order valence-electron chi connectivity index (χ2n) is 2.62. The van der Waals surface area contributed by atoms with Gasteiger partial charge in [-0.15, -0.1) is 0 Å². The Morgan fingerprint density at radius 1 is 0.581 bits per heavy atom. The maximum Gasteiger partial charge on any atom is 2.00 e. The molecule has 0 aromatic carbocycles. The van der Waals surface area contributed by atoms with E-state index < -0.39 is 81.5 Å². The Hall–Kier alpha value is 3.11. The zero-order valence-corrected chi connectivity index (χ0v) is 32.9. The summed E-state index contributed by atoms with van der Waals surface area (Å²) in [6, 6.07) is 0. The van der Waals surface area contributed by atoms with Crippen LogP contribution in [0.4, 0.5) is 0 Å². The average molecular weight is 1340 g/mol. The number of hydrogen-bond donors (Lipinski definition) is 2. The van der Waals surface area contributed by atoms with Crippen LogP contribution in [0.5, 0.6) is 0 Å². The molecule has 0 fully saturated rings. The van der Waals surface area contributed by atoms with E-state index in [1.54, 1.807) is 0 Å². The van der Waals surface area contributed by atoms with E-state index >= 15 is 0 Å². The molecule has 0 atom stereocenters. The third-order valence-corrected chi connectivity index (χ3v) is 4.19. The Morgan fingerprint density at radius 2 is 0.677 bits per heavy atom. The third kappa shape index (κ3) is 140. The van der Waals surface area contributed by atoms with Gasteiger partial charge in [-0.25, -0.2) is 0 Å². The summed E-state index contributed by atoms with van der Waals surface area (Å²) in [4.78, 5) is 0. The summed E-state index contributed by atoms with van der Waals surface area (Å²) in [5.74, 6) is 0. The molecule has 0 saturated carbocycles. The largest absolute Gasteiger partial charge is 2.00 e. The molecule has 0 aliphatic heterocycles. The Labute approximate surface area is 243 Å². The Morgan fingerprint density at radius 3 is 0.677 bits per heavy atom. The van der Waals surface area contributed by atoms with Gasteiger partial charge in [0.2, 0.25) is 0 Å². The van der Waals surface area contributed by atoms with Crippen LogP contribution in [-0.4, -0.2) is 108 Å². The van der Waals surface area contributed by atoms with Gasteiger partial charge in [-0.2, -0.15) is 0 Å². The van der Waals surface area contributed by atoms with Gasteiger partial charge >= 0.3 is 248 Å². The molecule has 0 unspecified atom stereocenters. The summed E-state index contributed by atoms with van der Waals surface area (Å²) in [5, 5.41) is 0. The first-order chi connectivity index (χ1) is 11.4. The first kappa shape index (κ1) is 50.9. The Bertz CT molecular complexity index is 921. The quantitative estimate of drug-likeness (QED) is 0.195. The molecule has 0 aromatic heterocycles. The smallest absolute Gasteiger partial charge is 2.00 e. The average Bonchev–Trinajstić information content (AvgIpc) is 1.95. The van der Waals surface area contributed by atoms with E-state index in [1.165, 1.54) is 0 Å². The summed E-state index contributed by atoms with van der Waals surface area (Å²) in [5.41, 5.74) is 0. The van der Waals surface area contributed by atoms with E-state index in [0.29, 0.717) is 0 Å². The third-order valence-electron chi connectivity index (χ3n) is 0.339. The summed E-state index contributed by atoms with van der Waals surface area (Å²) in [6.07, 6.45) is 0. The molecule has 0 rings (SSSR count). The fourth-order valence-electron chi connectivity index (χ4n) is 0.211. The second kappa shape index (κ2) is 20.2. The molecular formula is H2Cr2Mo2O22Pb3S2. The molecule has 2 N–H and O–H groups in total. The van der Waals surface area contributed by atoms with Crippen LogP contribution in [0.1, 0.15) is 0 Å². The predicted molar refractivity (Wildman–Crippen MR) is 48.0 cm³/mol. The van der Waals surface area contributed by atoms with Crippen LogP contribution in [0.25, 0.3) is 0 Å². The Kier molecular flexibility index (Phi) is 33.1. The van der Waals surface area contributed by atoms with Gasteiger partial charge in [0.05, 0.1) is 0 Å². The zero-order valence-electron chi connectivity index (χ0n) is 13.0. The molecule has 31 heavy (non-hydrogen) atoms. The van der Waals surface area contributed by atoms with Gasteiger partial charge in [0, 0.05) is 0 Å². The predicted octanol–water partition coefficient (Wildman–Crippen LogP) is -10.7. The standard InChI is InChI=1S/2Cr.2Mo.2H2O4S.14O.3Pb/c;;;;2*1-5(2,3)4;;;;;;;;;;;;;;;;;/h;;;;2*(H2,1,2,3,4);;;;;;;;;;;;;;;;;/q2*+1;;;;;;;;;;;;;6*-1;3*+2/p-2. The van der Waals surface area contributed by atoms with Crippen LogP contribution >= 0.6 is 0 Å². The fraction of sp³-hybridized carbons (Fsp3) is 0. The number of rotatable bonds is 4. The first-order valence-electron chi connectivity index (χ1n) is 4.03. The van der Waals surface area contributed by atoms with Gasteiger partial charge in [-0.05, 0) is 0 Å². The van der Waals surface area contributed by atoms with Crippen LogP contribution in [0.2, 0.25) is 0 Å². The first-order valence-corrected chi connectivity index (χ1v) is 17.5. The summed E-state index contributed by atoms with van der Waals surface area (Å²) in [7, 11) is -10.3. The van der Waals surface area contributed by atoms with Crippen molar-refractivity contribution in [1.29, 1.82) is 0 Å². The second-order valence-corrected chi connectivity index (χ2v) is 12.4. The van der Waals surface area contributed by atoms with Crippen LogP contribution in [0.3, 0.4) is 0 Å². The van der Waals surface area contributed by atoms with Crippen molar-refractivity contribution in [3.05, 3.63) is 0 Å². The van der Waals surface area contributed by atoms with Crippen LogP contribution in [0, 0.1) is 0 Å². The van der Waals surface area contributed by atoms with Gasteiger partial charge in [0.25, 0.3) is 0 Å². The Balaban J connectivity index is -0.0000000497. The number of hydrogen-bond acceptors (Lipinski definition) is 20. The summed E-state index contributed by atoms with van der Waals surface area (Å²) < 4.78 is 183. The van der Waals surface area contributed by atoms with Crippen molar-refractivity contribution < 1.29 is 145 Å². The minimum atomic E-state index is -6.04. The molecule has 0 spiro atoms. The van der Waals surface area contributed by atoms with Crippen molar-refractivity contribution in [2.75, 3.05) is 0 Å². The van der Waals surface area contributed by atoms with Crippen LogP contribution in [-0.2, 0) is 117 Å². The van der Waals surface area contributed by atoms with Crippen molar-refractivity contribution in [3.63, 3.8) is 0 Å². The van der Waals surface area contributed by atoms with Gasteiger partial charge in [0.1, 0.15) is 0 Å². The van der Waals surface area contributed by atoms with E-state index in [1.807, 2.05) is 0 Å². The SMILES string of the molecule is O=S(=O)(O)[O][Cr](=[O])(=[O])[O-].O=S(=O)(O)[O][Cr](=[O])(=[O])[O-].[O]=[Mo](=[O])([O-])[O-].[O]=[Mo](=[O])([O-])[O-].[Pb+2].[Pb+2].[Pb+2]. The van der Waals surface area contributed by atoms with E-state index in [9.17, 15) is 40.4 Å². The van der Waals surface area contributed by atoms with Gasteiger partial charge in [-0.3, -0.25) is 0 Å². The molecule has 22 nitrogen and oxygen atoms in total.